The third-order valence-corrected chi connectivity index (χ3v) is 4.03. The summed E-state index contributed by atoms with van der Waals surface area (Å²) in [6.07, 6.45) is 3.84. The van der Waals surface area contributed by atoms with Crippen LogP contribution in [0.2, 0.25) is 0 Å². The number of anilines is 2. The molecule has 0 aromatic heterocycles. The minimum absolute atomic E-state index is 0.220. The Kier molecular flexibility index (Phi) is 10.2. The van der Waals surface area contributed by atoms with E-state index < -0.39 is 0 Å². The first-order valence-electron chi connectivity index (χ1n) is 9.04. The molecule has 0 aliphatic rings. The molecule has 1 aromatic rings. The van der Waals surface area contributed by atoms with Crippen LogP contribution >= 0.6 is 0 Å². The Bertz CT molecular complexity index is 558. The lowest BCUT2D eigenvalue weighted by atomic mass is 10.2. The molecule has 7 nitrogen and oxygen atoms in total. The number of aliphatic hydroxyl groups excluding tert-OH is 1. The van der Waals surface area contributed by atoms with Gasteiger partial charge in [-0.15, -0.1) is 0 Å². The number of nitrogens with one attached hydrogen (secondary N) is 3. The number of hydrogen-bond donors (Lipinski definition) is 6. The lowest BCUT2D eigenvalue weighted by Gasteiger charge is -2.16. The summed E-state index contributed by atoms with van der Waals surface area (Å²) >= 11 is 0. The van der Waals surface area contributed by atoms with Crippen LogP contribution in [0.15, 0.2) is 48.4 Å². The van der Waals surface area contributed by atoms with E-state index in [4.69, 9.17) is 11.6 Å². The molecule has 1 rings (SSSR count). The number of nitrogens with two attached hydrogens (primary N) is 2. The van der Waals surface area contributed by atoms with E-state index in [0.717, 1.165) is 49.4 Å². The predicted molar refractivity (Wildman–Crippen MR) is 110 cm³/mol. The summed E-state index contributed by atoms with van der Waals surface area (Å²) in [6.45, 7) is 8.08. The maximum absolute atomic E-state index is 9.48. The zero-order valence-corrected chi connectivity index (χ0v) is 16.0. The van der Waals surface area contributed by atoms with Gasteiger partial charge >= 0.3 is 0 Å². The Balaban J connectivity index is 2.27. The van der Waals surface area contributed by atoms with Gasteiger partial charge in [0.2, 0.25) is 0 Å². The highest BCUT2D eigenvalue weighted by Crippen LogP contribution is 2.15. The summed E-state index contributed by atoms with van der Waals surface area (Å²) in [6, 6.07) is 7.74. The van der Waals surface area contributed by atoms with Gasteiger partial charge in [-0.05, 0) is 50.1 Å². The molecular formula is C19H34N6O. The Morgan fingerprint density at radius 1 is 1.31 bits per heavy atom. The minimum atomic E-state index is -0.220. The molecule has 0 bridgehead atoms. The monoisotopic (exact) mass is 362 g/mol. The molecule has 8 N–H and O–H groups in total. The molecule has 0 saturated heterocycles. The van der Waals surface area contributed by atoms with Crippen LogP contribution in [-0.2, 0) is 0 Å². The quantitative estimate of drug-likeness (QED) is 0.179. The molecule has 0 aliphatic heterocycles. The van der Waals surface area contributed by atoms with Gasteiger partial charge < -0.3 is 26.8 Å². The second-order valence-electron chi connectivity index (χ2n) is 6.22. The number of aliphatic hydroxyl groups is 1. The van der Waals surface area contributed by atoms with Crippen LogP contribution in [0.25, 0.3) is 0 Å². The second kappa shape index (κ2) is 12.2. The molecule has 0 amide bonds. The largest absolute Gasteiger partial charge is 0.399 e. The fourth-order valence-electron chi connectivity index (χ4n) is 2.25. The highest BCUT2D eigenvalue weighted by atomic mass is 16.3. The van der Waals surface area contributed by atoms with E-state index in [1.807, 2.05) is 38.2 Å². The maximum atomic E-state index is 9.48. The number of hydrogen-bond acceptors (Lipinski definition) is 7. The van der Waals surface area contributed by atoms with Crippen molar-refractivity contribution in [2.24, 2.45) is 11.6 Å². The summed E-state index contributed by atoms with van der Waals surface area (Å²) < 4.78 is 0. The minimum Gasteiger partial charge on any atom is -0.399 e. The van der Waals surface area contributed by atoms with Crippen LogP contribution in [0.4, 0.5) is 11.4 Å². The third-order valence-electron chi connectivity index (χ3n) is 4.03. The molecule has 1 aromatic carbocycles. The molecule has 1 atom stereocenters. The fourth-order valence-corrected chi connectivity index (χ4v) is 2.25. The van der Waals surface area contributed by atoms with E-state index >= 15 is 0 Å². The van der Waals surface area contributed by atoms with Crippen molar-refractivity contribution < 1.29 is 5.11 Å². The molecule has 1 unspecified atom stereocenters. The first-order chi connectivity index (χ1) is 12.5. The average Bonchev–Trinajstić information content (AvgIpc) is 2.65. The summed E-state index contributed by atoms with van der Waals surface area (Å²) in [5.41, 5.74) is 9.42. The van der Waals surface area contributed by atoms with Gasteiger partial charge in [0.05, 0.1) is 18.3 Å². The second-order valence-corrected chi connectivity index (χ2v) is 6.22. The standard InChI is InChI=1S/C19H34N6O/c1-4-19(26)10-12-23-11-9-15(2)24-13-16(20)14-25(21)18-7-5-17(22-3)6-8-18/h5-8,14,19,22-24,26H,2,4,9-13,20-21H2,1,3H3/b16-14-. The van der Waals surface area contributed by atoms with Crippen LogP contribution < -0.4 is 32.5 Å². The van der Waals surface area contributed by atoms with Crippen LogP contribution in [0.5, 0.6) is 0 Å². The van der Waals surface area contributed by atoms with Crippen LogP contribution in [-0.4, -0.2) is 37.9 Å². The average molecular weight is 363 g/mol. The summed E-state index contributed by atoms with van der Waals surface area (Å²) in [7, 11) is 1.87. The molecule has 146 valence electrons. The molecule has 26 heavy (non-hydrogen) atoms. The molecule has 0 aliphatic carbocycles. The smallest absolute Gasteiger partial charge is 0.0570 e. The Labute approximate surface area is 157 Å². The molecule has 0 spiro atoms. The van der Waals surface area contributed by atoms with Gasteiger partial charge in [-0.1, -0.05) is 13.5 Å². The summed E-state index contributed by atoms with van der Waals surface area (Å²) in [5, 5.41) is 20.5. The molecule has 0 fully saturated rings. The number of benzene rings is 1. The van der Waals surface area contributed by atoms with E-state index in [0.29, 0.717) is 12.2 Å². The number of nitrogens with zero attached hydrogens (tertiary/aromatic N) is 1. The molecular weight excluding hydrogens is 328 g/mol. The van der Waals surface area contributed by atoms with Crippen LogP contribution in [0, 0.1) is 0 Å². The van der Waals surface area contributed by atoms with Gasteiger partial charge in [0.25, 0.3) is 0 Å². The van der Waals surface area contributed by atoms with Gasteiger partial charge in [0.15, 0.2) is 0 Å². The van der Waals surface area contributed by atoms with Crippen molar-refractivity contribution >= 4 is 11.4 Å². The van der Waals surface area contributed by atoms with Crippen LogP contribution in [0.3, 0.4) is 0 Å². The van der Waals surface area contributed by atoms with E-state index in [9.17, 15) is 5.11 Å². The van der Waals surface area contributed by atoms with Gasteiger partial charge in [-0.25, -0.2) is 5.84 Å². The fraction of sp³-hybridized carbons (Fsp3) is 0.474. The summed E-state index contributed by atoms with van der Waals surface area (Å²) in [5.74, 6) is 6.02. The topological polar surface area (TPSA) is 112 Å². The Morgan fingerprint density at radius 3 is 2.62 bits per heavy atom. The Hall–Kier alpha value is -2.22. The van der Waals surface area contributed by atoms with Crippen molar-refractivity contribution in [3.63, 3.8) is 0 Å². The van der Waals surface area contributed by atoms with Crippen molar-refractivity contribution in [2.45, 2.75) is 32.3 Å². The molecule has 0 radical (unpaired) electrons. The predicted octanol–water partition coefficient (Wildman–Crippen LogP) is 1.45. The van der Waals surface area contributed by atoms with Gasteiger partial charge in [-0.3, -0.25) is 5.01 Å². The van der Waals surface area contributed by atoms with E-state index in [2.05, 4.69) is 22.5 Å². The van der Waals surface area contributed by atoms with Crippen molar-refractivity contribution in [3.05, 3.63) is 48.4 Å². The Morgan fingerprint density at radius 2 is 2.00 bits per heavy atom. The van der Waals surface area contributed by atoms with E-state index in [1.165, 1.54) is 5.01 Å². The highest BCUT2D eigenvalue weighted by Gasteiger charge is 2.02. The third kappa shape index (κ3) is 8.75. The molecule has 7 heteroatoms. The van der Waals surface area contributed by atoms with Crippen molar-refractivity contribution in [2.75, 3.05) is 37.0 Å². The zero-order chi connectivity index (χ0) is 19.4. The van der Waals surface area contributed by atoms with Crippen molar-refractivity contribution in [1.29, 1.82) is 0 Å². The van der Waals surface area contributed by atoms with Gasteiger partial charge in [-0.2, -0.15) is 0 Å². The normalized spacial score (nSPS) is 12.5. The number of hydrazine groups is 1. The SMILES string of the molecule is C=C(CCNCCC(O)CC)NC/C(N)=C/N(N)c1ccc(NC)cc1. The molecule has 0 heterocycles. The van der Waals surface area contributed by atoms with Crippen molar-refractivity contribution in [3.8, 4) is 0 Å². The summed E-state index contributed by atoms with van der Waals surface area (Å²) in [4.78, 5) is 0. The van der Waals surface area contributed by atoms with Gasteiger partial charge in [0.1, 0.15) is 0 Å². The van der Waals surface area contributed by atoms with E-state index in [-0.39, 0.29) is 6.10 Å². The van der Waals surface area contributed by atoms with Crippen molar-refractivity contribution in [1.82, 2.24) is 10.6 Å². The first kappa shape index (κ1) is 21.8. The zero-order valence-electron chi connectivity index (χ0n) is 16.0. The van der Waals surface area contributed by atoms with E-state index in [1.54, 1.807) is 6.20 Å². The maximum Gasteiger partial charge on any atom is 0.0570 e. The van der Waals surface area contributed by atoms with Crippen LogP contribution in [0.1, 0.15) is 26.2 Å². The lowest BCUT2D eigenvalue weighted by Crippen LogP contribution is -2.29. The first-order valence-corrected chi connectivity index (χ1v) is 9.04. The number of rotatable bonds is 13. The highest BCUT2D eigenvalue weighted by molar-refractivity contribution is 5.55. The van der Waals surface area contributed by atoms with Gasteiger partial charge in [0, 0.05) is 36.9 Å². The molecule has 0 saturated carbocycles. The lowest BCUT2D eigenvalue weighted by molar-refractivity contribution is 0.160.